The third-order valence-corrected chi connectivity index (χ3v) is 0. The Labute approximate surface area is 77.0 Å². The van der Waals surface area contributed by atoms with E-state index in [1.165, 1.54) is 0 Å². The zero-order valence-corrected chi connectivity index (χ0v) is 6.55. The topological polar surface area (TPSA) is 158 Å². The maximum absolute atomic E-state index is 0. The number of hydrogen-bond acceptors (Lipinski definition) is 0. The van der Waals surface area contributed by atoms with Crippen molar-refractivity contribution in [3.05, 3.63) is 0 Å². The van der Waals surface area contributed by atoms with E-state index in [1.54, 1.807) is 0 Å². The summed E-state index contributed by atoms with van der Waals surface area (Å²) in [6.07, 6.45) is 0. The molecule has 0 aromatic heterocycles. The van der Waals surface area contributed by atoms with Crippen LogP contribution in [0.2, 0.25) is 0 Å². The van der Waals surface area contributed by atoms with E-state index in [4.69, 9.17) is 0 Å². The van der Waals surface area contributed by atoms with Gasteiger partial charge in [-0.3, -0.25) is 0 Å². The Morgan fingerprint density at radius 2 is 0.429 bits per heavy atom. The molecule has 7 heavy (non-hydrogen) atoms. The minimum Gasteiger partial charge on any atom is -1.00 e. The quantitative estimate of drug-likeness (QED) is 0.313. The molecular weight excluding hydrogens is 156 g/mol. The van der Waals surface area contributed by atoms with Crippen molar-refractivity contribution in [3.8, 4) is 0 Å². The summed E-state index contributed by atoms with van der Waals surface area (Å²) in [6.45, 7) is 0. The molecule has 48 valence electrons. The molecule has 0 heterocycles. The predicted octanol–water partition coefficient (Wildman–Crippen LogP) is -7.50. The van der Waals surface area contributed by atoms with Gasteiger partial charge in [0.15, 0.2) is 0 Å². The molecule has 7 heteroatoms. The van der Waals surface area contributed by atoms with Crippen LogP contribution in [0, 0.1) is 0 Å². The fraction of sp³-hybridized carbons (Fsp3) is 0. The first-order valence-electron chi connectivity index (χ1n) is 0. The molecule has 0 saturated carbocycles. The molecule has 0 saturated heterocycles. The predicted molar refractivity (Wildman–Crippen MR) is 23.8 cm³/mol. The molecule has 0 bridgehead atoms. The van der Waals surface area contributed by atoms with Gasteiger partial charge >= 0.3 is 37.7 Å². The Bertz CT molecular complexity index is 8.04. The van der Waals surface area contributed by atoms with Crippen molar-refractivity contribution in [3.63, 3.8) is 0 Å². The van der Waals surface area contributed by atoms with Crippen LogP contribution in [0.1, 0.15) is 0 Å². The first-order valence-corrected chi connectivity index (χ1v) is 0. The summed E-state index contributed by atoms with van der Waals surface area (Å²) in [5.41, 5.74) is 0. The number of halogens is 1. The Balaban J connectivity index is 0. The van der Waals surface area contributed by atoms with Gasteiger partial charge in [-0.05, 0) is 0 Å². The molecule has 5 nitrogen and oxygen atoms in total. The molecule has 0 aliphatic carbocycles. The number of hydrogen-bond donors (Lipinski definition) is 0. The molecule has 0 aromatic rings. The molecule has 10 N–H and O–H groups in total. The largest absolute Gasteiger partial charge is 2.00 e. The molecule has 0 aliphatic heterocycles. The third kappa shape index (κ3) is 115. The second kappa shape index (κ2) is 163. The summed E-state index contributed by atoms with van der Waals surface area (Å²) < 4.78 is 0. The Hall–Kier alpha value is 1.35. The minimum atomic E-state index is 0. The average molecular weight is 166 g/mol. The van der Waals surface area contributed by atoms with Crippen molar-refractivity contribution in [1.29, 1.82) is 0 Å². The summed E-state index contributed by atoms with van der Waals surface area (Å²) in [5.74, 6) is 0. The monoisotopic (exact) mass is 165 g/mol. The van der Waals surface area contributed by atoms with Crippen LogP contribution < -0.4 is 12.4 Å². The molecule has 0 rings (SSSR count). The van der Waals surface area contributed by atoms with E-state index in [0.29, 0.717) is 0 Å². The second-order valence-electron chi connectivity index (χ2n) is 0. The second-order valence-corrected chi connectivity index (χ2v) is 0. The van der Waals surface area contributed by atoms with Crippen LogP contribution in [0.4, 0.5) is 0 Å². The van der Waals surface area contributed by atoms with E-state index < -0.39 is 0 Å². The summed E-state index contributed by atoms with van der Waals surface area (Å²) >= 11 is 0. The van der Waals surface area contributed by atoms with Gasteiger partial charge in [-0.25, -0.2) is 0 Å². The Kier molecular flexibility index (Phi) is 5750. The zero-order valence-electron chi connectivity index (χ0n) is 3.59. The van der Waals surface area contributed by atoms with Crippen LogP contribution in [-0.4, -0.2) is 65.1 Å². The molecule has 0 radical (unpaired) electrons. The van der Waals surface area contributed by atoms with Gasteiger partial charge in [0, 0.05) is 0 Å². The smallest absolute Gasteiger partial charge is 1.00 e. The van der Waals surface area contributed by atoms with Gasteiger partial charge in [-0.1, -0.05) is 0 Å². The van der Waals surface area contributed by atoms with Crippen molar-refractivity contribution in [2.24, 2.45) is 0 Å². The maximum atomic E-state index is 0. The third-order valence-electron chi connectivity index (χ3n) is 0. The number of rotatable bonds is 0. The summed E-state index contributed by atoms with van der Waals surface area (Å²) in [7, 11) is 0. The van der Waals surface area contributed by atoms with E-state index in [2.05, 4.69) is 0 Å². The Morgan fingerprint density at radius 3 is 0.429 bits per heavy atom. The minimum absolute atomic E-state index is 0. The van der Waals surface area contributed by atoms with Gasteiger partial charge in [0.1, 0.15) is 0 Å². The van der Waals surface area contributed by atoms with E-state index in [0.717, 1.165) is 0 Å². The van der Waals surface area contributed by atoms with Gasteiger partial charge in [0.05, 0.1) is 0 Å². The summed E-state index contributed by atoms with van der Waals surface area (Å²) in [5, 5.41) is 0. The van der Waals surface area contributed by atoms with E-state index in [9.17, 15) is 0 Å². The fourth-order valence-electron chi connectivity index (χ4n) is 0. The zero-order chi connectivity index (χ0) is 0. The van der Waals surface area contributed by atoms with Crippen molar-refractivity contribution < 1.29 is 39.8 Å². The molecule has 0 amide bonds. The standard InChI is InChI=1S/Ca.ClH.5H2O/h;1H;5*1H2/q+2;;;;;;/p-1. The maximum Gasteiger partial charge on any atom is 2.00 e. The van der Waals surface area contributed by atoms with Gasteiger partial charge in [0.25, 0.3) is 0 Å². The molecule has 0 fully saturated rings. The molecule has 0 unspecified atom stereocenters. The van der Waals surface area contributed by atoms with Crippen molar-refractivity contribution in [2.45, 2.75) is 0 Å². The van der Waals surface area contributed by atoms with Crippen LogP contribution in [-0.2, 0) is 0 Å². The van der Waals surface area contributed by atoms with Gasteiger partial charge < -0.3 is 39.8 Å². The van der Waals surface area contributed by atoms with E-state index >= 15 is 0 Å². The van der Waals surface area contributed by atoms with E-state index in [1.807, 2.05) is 0 Å². The van der Waals surface area contributed by atoms with Gasteiger partial charge in [-0.2, -0.15) is 0 Å². The molecule has 0 spiro atoms. The average Bonchev–Trinajstić information content (AvgIpc) is 0. The van der Waals surface area contributed by atoms with Crippen molar-refractivity contribution in [2.75, 3.05) is 0 Å². The van der Waals surface area contributed by atoms with Gasteiger partial charge in [0.2, 0.25) is 0 Å². The molecule has 0 aromatic carbocycles. The normalized spacial score (nSPS) is 0. The van der Waals surface area contributed by atoms with Crippen LogP contribution in [0.5, 0.6) is 0 Å². The fourth-order valence-corrected chi connectivity index (χ4v) is 0. The SMILES string of the molecule is O.O.O.O.O.[Ca+2].[Cl-]. The van der Waals surface area contributed by atoms with Crippen LogP contribution >= 0.6 is 0 Å². The van der Waals surface area contributed by atoms with Crippen molar-refractivity contribution in [1.82, 2.24) is 0 Å². The molecular formula is H10CaClO5+. The summed E-state index contributed by atoms with van der Waals surface area (Å²) in [4.78, 5) is 0. The first kappa shape index (κ1) is 248. The first-order chi connectivity index (χ1) is 0. The van der Waals surface area contributed by atoms with Gasteiger partial charge in [-0.15, -0.1) is 0 Å². The summed E-state index contributed by atoms with van der Waals surface area (Å²) in [6, 6.07) is 0. The molecule has 0 atom stereocenters. The van der Waals surface area contributed by atoms with Crippen LogP contribution in [0.3, 0.4) is 0 Å². The Morgan fingerprint density at radius 1 is 0.429 bits per heavy atom. The van der Waals surface area contributed by atoms with Crippen LogP contribution in [0.15, 0.2) is 0 Å². The molecule has 0 aliphatic rings. The van der Waals surface area contributed by atoms with Crippen molar-refractivity contribution >= 4 is 37.7 Å². The van der Waals surface area contributed by atoms with E-state index in [-0.39, 0.29) is 77.5 Å². The van der Waals surface area contributed by atoms with Crippen LogP contribution in [0.25, 0.3) is 0 Å².